The van der Waals surface area contributed by atoms with Gasteiger partial charge in [-0.05, 0) is 12.3 Å². The second-order valence-corrected chi connectivity index (χ2v) is 2.14. The fourth-order valence-corrected chi connectivity index (χ4v) is 0.651. The molecule has 0 bridgehead atoms. The van der Waals surface area contributed by atoms with Crippen molar-refractivity contribution in [1.29, 1.82) is 0 Å². The highest BCUT2D eigenvalue weighted by Gasteiger charge is 2.33. The van der Waals surface area contributed by atoms with E-state index in [0.29, 0.717) is 5.92 Å². The predicted octanol–water partition coefficient (Wildman–Crippen LogP) is -0.608. The number of carboxylic acid groups (broad SMARTS) is 1. The Bertz CT molecular complexity index is 98.3. The highest BCUT2D eigenvalue weighted by molar-refractivity contribution is 5.70. The van der Waals surface area contributed by atoms with Crippen LogP contribution in [0, 0.1) is 11.8 Å². The highest BCUT2D eigenvalue weighted by Crippen LogP contribution is 2.36. The molecule has 1 rings (SSSR count). The molecule has 1 aliphatic rings. The van der Waals surface area contributed by atoms with Gasteiger partial charge in [-0.3, -0.25) is 0 Å². The molecule has 0 amide bonds. The van der Waals surface area contributed by atoms with Gasteiger partial charge >= 0.3 is 0 Å². The molecule has 0 aromatic heterocycles. The van der Waals surface area contributed by atoms with Gasteiger partial charge in [0.25, 0.3) is 0 Å². The number of hydrogen-bond acceptors (Lipinski definition) is 2. The van der Waals surface area contributed by atoms with Gasteiger partial charge in [-0.25, -0.2) is 0 Å². The average Bonchev–Trinajstić information content (AvgIpc) is 2.17. The van der Waals surface area contributed by atoms with Crippen LogP contribution in [0.3, 0.4) is 0 Å². The van der Waals surface area contributed by atoms with Crippen molar-refractivity contribution in [2.24, 2.45) is 11.8 Å². The zero-order chi connectivity index (χ0) is 5.44. The highest BCUT2D eigenvalue weighted by atomic mass is 16.4. The molecule has 0 unspecified atom stereocenters. The maximum Gasteiger partial charge on any atom is 0.0448 e. The molecule has 2 heteroatoms. The van der Waals surface area contributed by atoms with Crippen molar-refractivity contribution in [1.82, 2.24) is 0 Å². The van der Waals surface area contributed by atoms with Crippen LogP contribution in [0.1, 0.15) is 13.3 Å². The van der Waals surface area contributed by atoms with Gasteiger partial charge in [-0.2, -0.15) is 0 Å². The molecule has 0 saturated heterocycles. The second-order valence-electron chi connectivity index (χ2n) is 2.14. The minimum absolute atomic E-state index is 0.125. The number of carboxylic acids is 1. The van der Waals surface area contributed by atoms with Crippen LogP contribution in [0.5, 0.6) is 0 Å². The van der Waals surface area contributed by atoms with Crippen LogP contribution in [-0.4, -0.2) is 5.97 Å². The van der Waals surface area contributed by atoms with Crippen LogP contribution in [0.25, 0.3) is 0 Å². The molecule has 0 aromatic carbocycles. The molecule has 2 nitrogen and oxygen atoms in total. The number of rotatable bonds is 1. The third-order valence-corrected chi connectivity index (χ3v) is 1.41. The topological polar surface area (TPSA) is 40.1 Å². The lowest BCUT2D eigenvalue weighted by Crippen LogP contribution is -2.24. The van der Waals surface area contributed by atoms with Gasteiger partial charge in [0.15, 0.2) is 0 Å². The van der Waals surface area contributed by atoms with Gasteiger partial charge in [-0.1, -0.05) is 6.92 Å². The molecule has 0 radical (unpaired) electrons. The Morgan fingerprint density at radius 1 is 1.86 bits per heavy atom. The monoisotopic (exact) mass is 99.0 g/mol. The lowest BCUT2D eigenvalue weighted by molar-refractivity contribution is -0.308. The van der Waals surface area contributed by atoms with Crippen molar-refractivity contribution < 1.29 is 9.90 Å². The van der Waals surface area contributed by atoms with Crippen molar-refractivity contribution in [2.75, 3.05) is 0 Å². The summed E-state index contributed by atoms with van der Waals surface area (Å²) in [6, 6.07) is 0. The van der Waals surface area contributed by atoms with Gasteiger partial charge < -0.3 is 9.90 Å². The largest absolute Gasteiger partial charge is 0.550 e. The summed E-state index contributed by atoms with van der Waals surface area (Å²) >= 11 is 0. The van der Waals surface area contributed by atoms with E-state index in [4.69, 9.17) is 0 Å². The van der Waals surface area contributed by atoms with Gasteiger partial charge in [0.05, 0.1) is 0 Å². The van der Waals surface area contributed by atoms with E-state index < -0.39 is 5.97 Å². The summed E-state index contributed by atoms with van der Waals surface area (Å²) < 4.78 is 0. The summed E-state index contributed by atoms with van der Waals surface area (Å²) in [5.74, 6) is -0.627. The Morgan fingerprint density at radius 3 is 2.29 bits per heavy atom. The molecule has 7 heavy (non-hydrogen) atoms. The van der Waals surface area contributed by atoms with Crippen LogP contribution in [0.4, 0.5) is 0 Å². The van der Waals surface area contributed by atoms with Crippen molar-refractivity contribution in [3.63, 3.8) is 0 Å². The summed E-state index contributed by atoms with van der Waals surface area (Å²) in [5.41, 5.74) is 0. The minimum Gasteiger partial charge on any atom is -0.550 e. The van der Waals surface area contributed by atoms with E-state index in [2.05, 4.69) is 0 Å². The molecule has 2 atom stereocenters. The van der Waals surface area contributed by atoms with Crippen LogP contribution in [-0.2, 0) is 4.79 Å². The van der Waals surface area contributed by atoms with E-state index in [-0.39, 0.29) is 5.92 Å². The molecule has 40 valence electrons. The lowest BCUT2D eigenvalue weighted by atomic mass is 10.3. The van der Waals surface area contributed by atoms with Crippen LogP contribution < -0.4 is 5.11 Å². The number of hydrogen-bond donors (Lipinski definition) is 0. The summed E-state index contributed by atoms with van der Waals surface area (Å²) in [4.78, 5) is 9.86. The first-order valence-electron chi connectivity index (χ1n) is 2.42. The van der Waals surface area contributed by atoms with E-state index in [0.717, 1.165) is 6.42 Å². The standard InChI is InChI=1S/C5H8O2/c1-3-2-4(3)5(6)7/h3-4H,2H2,1H3,(H,6,7)/p-1/t3-,4+/m0/s1. The van der Waals surface area contributed by atoms with Gasteiger partial charge in [0, 0.05) is 11.9 Å². The Balaban J connectivity index is 2.33. The smallest absolute Gasteiger partial charge is 0.0448 e. The third-order valence-electron chi connectivity index (χ3n) is 1.41. The van der Waals surface area contributed by atoms with E-state index in [9.17, 15) is 9.90 Å². The molecule has 0 aromatic rings. The Kier molecular flexibility index (Phi) is 0.805. The number of carbonyl (C=O) groups is 1. The third kappa shape index (κ3) is 0.734. The van der Waals surface area contributed by atoms with Crippen LogP contribution in [0.2, 0.25) is 0 Å². The summed E-state index contributed by atoms with van der Waals surface area (Å²) in [6.45, 7) is 1.92. The first-order valence-corrected chi connectivity index (χ1v) is 2.42. The molecular weight excluding hydrogens is 92.1 g/mol. The van der Waals surface area contributed by atoms with Crippen LogP contribution in [0.15, 0.2) is 0 Å². The first-order chi connectivity index (χ1) is 3.22. The van der Waals surface area contributed by atoms with Crippen molar-refractivity contribution >= 4 is 5.97 Å². The van der Waals surface area contributed by atoms with E-state index in [1.54, 1.807) is 0 Å². The predicted molar refractivity (Wildman–Crippen MR) is 22.3 cm³/mol. The summed E-state index contributed by atoms with van der Waals surface area (Å²) in [5, 5.41) is 9.86. The molecule has 1 aliphatic carbocycles. The number of carbonyl (C=O) groups excluding carboxylic acids is 1. The van der Waals surface area contributed by atoms with Crippen LogP contribution >= 0.6 is 0 Å². The molecule has 0 spiro atoms. The summed E-state index contributed by atoms with van der Waals surface area (Å²) in [7, 11) is 0. The van der Waals surface area contributed by atoms with Gasteiger partial charge in [0.2, 0.25) is 0 Å². The normalized spacial score (nSPS) is 37.9. The molecular formula is C5H7O2-. The summed E-state index contributed by atoms with van der Waals surface area (Å²) in [6.07, 6.45) is 0.822. The molecule has 0 aliphatic heterocycles. The van der Waals surface area contributed by atoms with E-state index in [1.165, 1.54) is 0 Å². The maximum atomic E-state index is 9.86. The van der Waals surface area contributed by atoms with E-state index in [1.807, 2.05) is 6.92 Å². The molecule has 0 heterocycles. The SMILES string of the molecule is C[C@H]1C[C@H]1C(=O)[O-]. The van der Waals surface area contributed by atoms with Gasteiger partial charge in [-0.15, -0.1) is 0 Å². The zero-order valence-electron chi connectivity index (χ0n) is 4.18. The van der Waals surface area contributed by atoms with Crippen molar-refractivity contribution in [2.45, 2.75) is 13.3 Å². The first kappa shape index (κ1) is 4.62. The fourth-order valence-electron chi connectivity index (χ4n) is 0.651. The Hall–Kier alpha value is -0.530. The molecule has 0 N–H and O–H groups in total. The molecule has 1 fully saturated rings. The van der Waals surface area contributed by atoms with E-state index >= 15 is 0 Å². The molecule has 1 saturated carbocycles. The fraction of sp³-hybridized carbons (Fsp3) is 0.800. The Labute approximate surface area is 42.1 Å². The average molecular weight is 99.1 g/mol. The zero-order valence-corrected chi connectivity index (χ0v) is 4.18. The Morgan fingerprint density at radius 2 is 2.29 bits per heavy atom. The lowest BCUT2D eigenvalue weighted by Gasteiger charge is -1.93. The van der Waals surface area contributed by atoms with Gasteiger partial charge in [0.1, 0.15) is 0 Å². The number of aliphatic carboxylic acids is 1. The van der Waals surface area contributed by atoms with Crippen molar-refractivity contribution in [3.05, 3.63) is 0 Å². The quantitative estimate of drug-likeness (QED) is 0.440. The second kappa shape index (κ2) is 1.22. The van der Waals surface area contributed by atoms with Crippen molar-refractivity contribution in [3.8, 4) is 0 Å². The minimum atomic E-state index is -0.882. The maximum absolute atomic E-state index is 9.86.